The number of hydrogen-bond acceptors (Lipinski definition) is 4. The van der Waals surface area contributed by atoms with E-state index in [1.54, 1.807) is 18.2 Å². The van der Waals surface area contributed by atoms with Crippen molar-refractivity contribution < 1.29 is 4.79 Å². The Morgan fingerprint density at radius 3 is 2.62 bits per heavy atom. The number of aromatic nitrogens is 1. The summed E-state index contributed by atoms with van der Waals surface area (Å²) in [4.78, 5) is 18.6. The number of rotatable bonds is 4. The third-order valence-electron chi connectivity index (χ3n) is 3.86. The molecule has 3 N–H and O–H groups in total. The maximum absolute atomic E-state index is 12.2. The second-order valence-electron chi connectivity index (χ2n) is 5.63. The molecule has 1 fully saturated rings. The minimum Gasteiger partial charge on any atom is -0.384 e. The van der Waals surface area contributed by atoms with Crippen molar-refractivity contribution in [3.05, 3.63) is 59.8 Å². The number of nitrogens with two attached hydrogens (primary N) is 1. The van der Waals surface area contributed by atoms with Crippen LogP contribution in [0.5, 0.6) is 0 Å². The molecule has 1 aliphatic rings. The lowest BCUT2D eigenvalue weighted by Gasteiger charge is -2.16. The van der Waals surface area contributed by atoms with E-state index < -0.39 is 0 Å². The Kier molecular flexibility index (Phi) is 7.98. The molecule has 5 nitrogen and oxygen atoms in total. The van der Waals surface area contributed by atoms with Crippen molar-refractivity contribution in [1.82, 2.24) is 15.2 Å². The number of likely N-dealkylation sites (tertiary alicyclic amines) is 1. The van der Waals surface area contributed by atoms with Gasteiger partial charge in [-0.1, -0.05) is 36.4 Å². The number of amides is 1. The van der Waals surface area contributed by atoms with Gasteiger partial charge in [-0.25, -0.2) is 4.98 Å². The van der Waals surface area contributed by atoms with Gasteiger partial charge in [-0.05, 0) is 24.1 Å². The number of pyridine rings is 1. The van der Waals surface area contributed by atoms with Crippen LogP contribution >= 0.6 is 24.8 Å². The van der Waals surface area contributed by atoms with Crippen molar-refractivity contribution in [1.29, 1.82) is 0 Å². The number of nitrogens with zero attached hydrogens (tertiary/aromatic N) is 2. The van der Waals surface area contributed by atoms with E-state index in [-0.39, 0.29) is 36.8 Å². The standard InChI is InChI=1S/C17H20N4O.2ClH/c18-16-8-4-7-15(20-16)17(22)19-14-9-10-21(12-14)11-13-5-2-1-3-6-13;;/h1-8,14H,9-12H2,(H2,18,20)(H,19,22);2*1H. The average molecular weight is 369 g/mol. The van der Waals surface area contributed by atoms with E-state index in [1.165, 1.54) is 5.56 Å². The molecule has 24 heavy (non-hydrogen) atoms. The van der Waals surface area contributed by atoms with Gasteiger partial charge in [-0.3, -0.25) is 9.69 Å². The average Bonchev–Trinajstić information content (AvgIpc) is 2.95. The van der Waals surface area contributed by atoms with Crippen LogP contribution in [0, 0.1) is 0 Å². The molecule has 2 heterocycles. The van der Waals surface area contributed by atoms with Crippen molar-refractivity contribution >= 4 is 36.5 Å². The van der Waals surface area contributed by atoms with E-state index in [2.05, 4.69) is 39.5 Å². The molecule has 1 amide bonds. The lowest BCUT2D eigenvalue weighted by Crippen LogP contribution is -2.37. The van der Waals surface area contributed by atoms with Gasteiger partial charge in [0.05, 0.1) is 0 Å². The molecule has 0 bridgehead atoms. The second kappa shape index (κ2) is 9.47. The molecule has 2 aromatic rings. The van der Waals surface area contributed by atoms with Gasteiger partial charge in [0, 0.05) is 25.7 Å². The maximum Gasteiger partial charge on any atom is 0.270 e. The largest absolute Gasteiger partial charge is 0.384 e. The summed E-state index contributed by atoms with van der Waals surface area (Å²) in [6.07, 6.45) is 0.959. The highest BCUT2D eigenvalue weighted by molar-refractivity contribution is 5.92. The van der Waals surface area contributed by atoms with Crippen LogP contribution in [0.1, 0.15) is 22.5 Å². The number of nitrogen functional groups attached to an aromatic ring is 1. The van der Waals surface area contributed by atoms with Crippen molar-refractivity contribution in [2.45, 2.75) is 19.0 Å². The van der Waals surface area contributed by atoms with Crippen LogP contribution in [0.3, 0.4) is 0 Å². The summed E-state index contributed by atoms with van der Waals surface area (Å²) in [6, 6.07) is 15.6. The number of halogens is 2. The summed E-state index contributed by atoms with van der Waals surface area (Å²) in [7, 11) is 0. The van der Waals surface area contributed by atoms with Crippen LogP contribution < -0.4 is 11.1 Å². The highest BCUT2D eigenvalue weighted by Crippen LogP contribution is 2.14. The zero-order chi connectivity index (χ0) is 15.4. The topological polar surface area (TPSA) is 71.2 Å². The van der Waals surface area contributed by atoms with Gasteiger partial charge in [0.1, 0.15) is 11.5 Å². The predicted octanol–water partition coefficient (Wildman–Crippen LogP) is 2.51. The highest BCUT2D eigenvalue weighted by Gasteiger charge is 2.24. The van der Waals surface area contributed by atoms with Crippen LogP contribution in [0.4, 0.5) is 5.82 Å². The van der Waals surface area contributed by atoms with E-state index in [0.29, 0.717) is 11.5 Å². The minimum atomic E-state index is -0.154. The number of nitrogens with one attached hydrogen (secondary N) is 1. The van der Waals surface area contributed by atoms with E-state index in [1.807, 2.05) is 6.07 Å². The van der Waals surface area contributed by atoms with Gasteiger partial charge < -0.3 is 11.1 Å². The first-order valence-corrected chi connectivity index (χ1v) is 7.50. The fourth-order valence-corrected chi connectivity index (χ4v) is 2.77. The van der Waals surface area contributed by atoms with E-state index >= 15 is 0 Å². The third kappa shape index (κ3) is 5.37. The van der Waals surface area contributed by atoms with Gasteiger partial charge in [-0.15, -0.1) is 24.8 Å². The molecule has 7 heteroatoms. The van der Waals surface area contributed by atoms with E-state index in [0.717, 1.165) is 26.1 Å². The molecule has 1 aliphatic heterocycles. The monoisotopic (exact) mass is 368 g/mol. The van der Waals surface area contributed by atoms with Crippen LogP contribution in [-0.4, -0.2) is 34.9 Å². The molecular weight excluding hydrogens is 347 g/mol. The summed E-state index contributed by atoms with van der Waals surface area (Å²) in [5, 5.41) is 3.04. The minimum absolute atomic E-state index is 0. The quantitative estimate of drug-likeness (QED) is 0.869. The van der Waals surface area contributed by atoms with Crippen molar-refractivity contribution in [2.75, 3.05) is 18.8 Å². The van der Waals surface area contributed by atoms with Crippen molar-refractivity contribution in [2.24, 2.45) is 0 Å². The molecule has 1 saturated heterocycles. The highest BCUT2D eigenvalue weighted by atomic mass is 35.5. The third-order valence-corrected chi connectivity index (χ3v) is 3.86. The Morgan fingerprint density at radius 2 is 1.92 bits per heavy atom. The Morgan fingerprint density at radius 1 is 1.17 bits per heavy atom. The molecule has 1 aromatic carbocycles. The van der Waals surface area contributed by atoms with Crippen molar-refractivity contribution in [3.63, 3.8) is 0 Å². The van der Waals surface area contributed by atoms with Gasteiger partial charge >= 0.3 is 0 Å². The summed E-state index contributed by atoms with van der Waals surface area (Å²) in [6.45, 7) is 2.77. The first kappa shape index (κ1) is 20.2. The zero-order valence-electron chi connectivity index (χ0n) is 13.2. The lowest BCUT2D eigenvalue weighted by atomic mass is 10.2. The summed E-state index contributed by atoms with van der Waals surface area (Å²) in [5.41, 5.74) is 7.29. The number of carbonyl (C=O) groups excluding carboxylic acids is 1. The normalized spacial score (nSPS) is 16.8. The number of anilines is 1. The molecule has 3 rings (SSSR count). The fourth-order valence-electron chi connectivity index (χ4n) is 2.77. The van der Waals surface area contributed by atoms with Crippen LogP contribution in [0.2, 0.25) is 0 Å². The molecule has 1 unspecified atom stereocenters. The van der Waals surface area contributed by atoms with E-state index in [4.69, 9.17) is 5.73 Å². The summed E-state index contributed by atoms with van der Waals surface area (Å²) >= 11 is 0. The summed E-state index contributed by atoms with van der Waals surface area (Å²) < 4.78 is 0. The van der Waals surface area contributed by atoms with Gasteiger partial charge in [0.2, 0.25) is 0 Å². The predicted molar refractivity (Wildman–Crippen MR) is 101 cm³/mol. The smallest absolute Gasteiger partial charge is 0.270 e. The maximum atomic E-state index is 12.2. The molecule has 130 valence electrons. The number of hydrogen-bond donors (Lipinski definition) is 2. The second-order valence-corrected chi connectivity index (χ2v) is 5.63. The fraction of sp³-hybridized carbons (Fsp3) is 0.294. The van der Waals surface area contributed by atoms with Crippen LogP contribution in [-0.2, 0) is 6.54 Å². The van der Waals surface area contributed by atoms with E-state index in [9.17, 15) is 4.79 Å². The molecule has 0 saturated carbocycles. The van der Waals surface area contributed by atoms with Crippen LogP contribution in [0.15, 0.2) is 48.5 Å². The van der Waals surface area contributed by atoms with Crippen molar-refractivity contribution in [3.8, 4) is 0 Å². The molecule has 0 radical (unpaired) electrons. The Balaban J connectivity index is 0.00000144. The van der Waals surface area contributed by atoms with Crippen LogP contribution in [0.25, 0.3) is 0 Å². The molecule has 0 aliphatic carbocycles. The molecule has 0 spiro atoms. The molecule has 1 aromatic heterocycles. The van der Waals surface area contributed by atoms with Gasteiger partial charge in [0.25, 0.3) is 5.91 Å². The SMILES string of the molecule is Cl.Cl.Nc1cccc(C(=O)NC2CCN(Cc3ccccc3)C2)n1. The number of benzene rings is 1. The van der Waals surface area contributed by atoms with Gasteiger partial charge in [-0.2, -0.15) is 0 Å². The first-order chi connectivity index (χ1) is 10.7. The van der Waals surface area contributed by atoms with Gasteiger partial charge in [0.15, 0.2) is 0 Å². The molecular formula is C17H22Cl2N4O. The Hall–Kier alpha value is -1.82. The molecule has 1 atom stereocenters. The Labute approximate surface area is 154 Å². The number of carbonyl (C=O) groups is 1. The Bertz CT molecular complexity index is 654. The summed E-state index contributed by atoms with van der Waals surface area (Å²) in [5.74, 6) is 0.212. The zero-order valence-corrected chi connectivity index (χ0v) is 14.9. The lowest BCUT2D eigenvalue weighted by molar-refractivity contribution is 0.0932. The first-order valence-electron chi connectivity index (χ1n) is 7.50.